The summed E-state index contributed by atoms with van der Waals surface area (Å²) in [5.41, 5.74) is 1.03. The highest BCUT2D eigenvalue weighted by molar-refractivity contribution is 5.53. The minimum Gasteiger partial charge on any atom is -0.334 e. The molecule has 1 radical (unpaired) electrons. The van der Waals surface area contributed by atoms with Crippen molar-refractivity contribution in [1.82, 2.24) is 9.55 Å². The van der Waals surface area contributed by atoms with Gasteiger partial charge in [-0.2, -0.15) is 0 Å². The lowest BCUT2D eigenvalue weighted by molar-refractivity contribution is 0.924. The van der Waals surface area contributed by atoms with Crippen molar-refractivity contribution in [2.75, 3.05) is 0 Å². The predicted molar refractivity (Wildman–Crippen MR) is 47.5 cm³/mol. The fraction of sp³-hybridized carbons (Fsp3) is 0.100. The molecule has 0 bridgehead atoms. The lowest BCUT2D eigenvalue weighted by atomic mass is 10.2. The number of nitrogens with zero attached hydrogens (tertiary/aromatic N) is 2. The smallest absolute Gasteiger partial charge is 0.140 e. The van der Waals surface area contributed by atoms with E-state index in [0.29, 0.717) is 0 Å². The molecule has 1 aromatic heterocycles. The summed E-state index contributed by atoms with van der Waals surface area (Å²) in [6.07, 6.45) is 3.71. The maximum Gasteiger partial charge on any atom is 0.140 e. The molecule has 2 heteroatoms. The third-order valence-corrected chi connectivity index (χ3v) is 1.77. The third-order valence-electron chi connectivity index (χ3n) is 1.77. The van der Waals surface area contributed by atoms with Crippen LogP contribution in [-0.4, -0.2) is 9.55 Å². The van der Waals surface area contributed by atoms with Crippen LogP contribution < -0.4 is 0 Å². The average Bonchev–Trinajstić information content (AvgIpc) is 2.53. The van der Waals surface area contributed by atoms with Crippen LogP contribution >= 0.6 is 0 Å². The first-order valence-corrected chi connectivity index (χ1v) is 3.82. The molecule has 0 atom stereocenters. The minimum absolute atomic E-state index is 0.954. The quantitative estimate of drug-likeness (QED) is 0.618. The van der Waals surface area contributed by atoms with Crippen LogP contribution in [0, 0.1) is 6.07 Å². The van der Waals surface area contributed by atoms with E-state index >= 15 is 0 Å². The molecule has 0 fully saturated rings. The van der Waals surface area contributed by atoms with Crippen LogP contribution in [0.1, 0.15) is 0 Å². The molecule has 0 aliphatic heterocycles. The van der Waals surface area contributed by atoms with Crippen LogP contribution in [0.2, 0.25) is 0 Å². The van der Waals surface area contributed by atoms with Crippen molar-refractivity contribution in [2.45, 2.75) is 0 Å². The van der Waals surface area contributed by atoms with Crippen LogP contribution in [-0.2, 0) is 7.05 Å². The van der Waals surface area contributed by atoms with Crippen molar-refractivity contribution in [3.05, 3.63) is 42.7 Å². The van der Waals surface area contributed by atoms with Gasteiger partial charge in [-0.3, -0.25) is 0 Å². The van der Waals surface area contributed by atoms with Gasteiger partial charge in [0.15, 0.2) is 0 Å². The largest absolute Gasteiger partial charge is 0.334 e. The van der Waals surface area contributed by atoms with Gasteiger partial charge in [0.05, 0.1) is 0 Å². The van der Waals surface area contributed by atoms with Crippen molar-refractivity contribution in [3.63, 3.8) is 0 Å². The Morgan fingerprint density at radius 2 is 2.33 bits per heavy atom. The van der Waals surface area contributed by atoms with Crippen molar-refractivity contribution in [3.8, 4) is 11.4 Å². The number of hydrogen-bond donors (Lipinski definition) is 0. The summed E-state index contributed by atoms with van der Waals surface area (Å²) in [5, 5.41) is 0. The molecule has 12 heavy (non-hydrogen) atoms. The van der Waals surface area contributed by atoms with Gasteiger partial charge in [-0.25, -0.2) is 4.98 Å². The fourth-order valence-electron chi connectivity index (χ4n) is 1.16. The summed E-state index contributed by atoms with van der Waals surface area (Å²) in [6, 6.07) is 11.0. The topological polar surface area (TPSA) is 17.8 Å². The summed E-state index contributed by atoms with van der Waals surface area (Å²) < 4.78 is 1.98. The van der Waals surface area contributed by atoms with E-state index in [0.717, 1.165) is 11.4 Å². The van der Waals surface area contributed by atoms with Gasteiger partial charge in [-0.05, 0) is 6.07 Å². The highest BCUT2D eigenvalue weighted by Crippen LogP contribution is 2.13. The Bertz CT molecular complexity index is 362. The van der Waals surface area contributed by atoms with Crippen LogP contribution in [0.4, 0.5) is 0 Å². The van der Waals surface area contributed by atoms with Crippen molar-refractivity contribution >= 4 is 0 Å². The van der Waals surface area contributed by atoms with Gasteiger partial charge in [0, 0.05) is 25.0 Å². The zero-order valence-corrected chi connectivity index (χ0v) is 6.86. The van der Waals surface area contributed by atoms with E-state index in [1.807, 2.05) is 42.1 Å². The molecule has 2 nitrogen and oxygen atoms in total. The second-order valence-corrected chi connectivity index (χ2v) is 2.64. The molecule has 1 heterocycles. The molecule has 0 saturated carbocycles. The van der Waals surface area contributed by atoms with E-state index in [-0.39, 0.29) is 0 Å². The zero-order valence-electron chi connectivity index (χ0n) is 6.86. The Hall–Kier alpha value is -1.57. The van der Waals surface area contributed by atoms with E-state index in [2.05, 4.69) is 11.1 Å². The molecule has 0 N–H and O–H groups in total. The first kappa shape index (κ1) is 7.10. The van der Waals surface area contributed by atoms with E-state index in [1.54, 1.807) is 6.20 Å². The van der Waals surface area contributed by atoms with Gasteiger partial charge in [0.2, 0.25) is 0 Å². The van der Waals surface area contributed by atoms with E-state index < -0.39 is 0 Å². The average molecular weight is 157 g/mol. The summed E-state index contributed by atoms with van der Waals surface area (Å²) in [5.74, 6) is 0.954. The molecule has 0 spiro atoms. The number of rotatable bonds is 1. The Labute approximate surface area is 71.5 Å². The molecule has 2 aromatic rings. The molecular weight excluding hydrogens is 148 g/mol. The highest BCUT2D eigenvalue weighted by atomic mass is 15.0. The van der Waals surface area contributed by atoms with Gasteiger partial charge in [0.1, 0.15) is 5.82 Å². The van der Waals surface area contributed by atoms with Crippen molar-refractivity contribution in [2.24, 2.45) is 7.05 Å². The normalized spacial score (nSPS) is 10.1. The van der Waals surface area contributed by atoms with Crippen molar-refractivity contribution in [1.29, 1.82) is 0 Å². The maximum absolute atomic E-state index is 4.22. The molecule has 0 unspecified atom stereocenters. The fourth-order valence-corrected chi connectivity index (χ4v) is 1.16. The Morgan fingerprint density at radius 1 is 1.42 bits per heavy atom. The minimum atomic E-state index is 0.954. The number of aromatic nitrogens is 2. The van der Waals surface area contributed by atoms with E-state index in [4.69, 9.17) is 0 Å². The molecule has 59 valence electrons. The standard InChI is InChI=1S/C10H9N2/c1-12-8-7-11-10(12)9-5-3-2-4-6-9/h2-5,7-8H,1H3. The molecule has 0 amide bonds. The number of hydrogen-bond acceptors (Lipinski definition) is 1. The summed E-state index contributed by atoms with van der Waals surface area (Å²) in [6.45, 7) is 0. The zero-order chi connectivity index (χ0) is 8.39. The van der Waals surface area contributed by atoms with Crippen LogP contribution in [0.3, 0.4) is 0 Å². The summed E-state index contributed by atoms with van der Waals surface area (Å²) in [7, 11) is 1.98. The second kappa shape index (κ2) is 2.81. The molecule has 0 aliphatic rings. The SMILES string of the molecule is Cn1ccnc1-c1[c]cccc1. The molecule has 0 saturated heterocycles. The monoisotopic (exact) mass is 157 g/mol. The number of imidazole rings is 1. The van der Waals surface area contributed by atoms with Crippen LogP contribution in [0.25, 0.3) is 11.4 Å². The lowest BCUT2D eigenvalue weighted by Crippen LogP contribution is -1.90. The van der Waals surface area contributed by atoms with Gasteiger partial charge in [-0.1, -0.05) is 24.3 Å². The van der Waals surface area contributed by atoms with Gasteiger partial charge in [-0.15, -0.1) is 0 Å². The highest BCUT2D eigenvalue weighted by Gasteiger charge is 2.00. The van der Waals surface area contributed by atoms with E-state index in [9.17, 15) is 0 Å². The Morgan fingerprint density at radius 3 is 2.92 bits per heavy atom. The van der Waals surface area contributed by atoms with Gasteiger partial charge in [0.25, 0.3) is 0 Å². The number of benzene rings is 1. The van der Waals surface area contributed by atoms with Gasteiger partial charge < -0.3 is 4.57 Å². The Balaban J connectivity index is 2.51. The first-order chi connectivity index (χ1) is 5.88. The summed E-state index contributed by atoms with van der Waals surface area (Å²) >= 11 is 0. The molecular formula is C10H9N2. The number of aryl methyl sites for hydroxylation is 1. The van der Waals surface area contributed by atoms with Gasteiger partial charge >= 0.3 is 0 Å². The maximum atomic E-state index is 4.22. The van der Waals surface area contributed by atoms with E-state index in [1.165, 1.54) is 0 Å². The first-order valence-electron chi connectivity index (χ1n) is 3.82. The Kier molecular flexibility index (Phi) is 1.67. The molecule has 0 aliphatic carbocycles. The predicted octanol–water partition coefficient (Wildman–Crippen LogP) is 1.89. The summed E-state index contributed by atoms with van der Waals surface area (Å²) in [4.78, 5) is 4.22. The lowest BCUT2D eigenvalue weighted by Gasteiger charge is -1.99. The second-order valence-electron chi connectivity index (χ2n) is 2.64. The third kappa shape index (κ3) is 1.11. The van der Waals surface area contributed by atoms with Crippen molar-refractivity contribution < 1.29 is 0 Å². The molecule has 1 aromatic carbocycles. The van der Waals surface area contributed by atoms with Crippen LogP contribution in [0.15, 0.2) is 36.7 Å². The molecule has 2 rings (SSSR count). The van der Waals surface area contributed by atoms with Crippen LogP contribution in [0.5, 0.6) is 0 Å².